The minimum Gasteiger partial charge on any atom is -0.369 e. The van der Waals surface area contributed by atoms with Gasteiger partial charge in [0, 0.05) is 10.7 Å². The molecule has 0 aliphatic carbocycles. The van der Waals surface area contributed by atoms with Gasteiger partial charge in [-0.25, -0.2) is 9.97 Å². The molecule has 0 saturated carbocycles. The van der Waals surface area contributed by atoms with Crippen LogP contribution in [0.5, 0.6) is 0 Å². The Morgan fingerprint density at radius 1 is 1.21 bits per heavy atom. The fourth-order valence-electron chi connectivity index (χ4n) is 2.19. The van der Waals surface area contributed by atoms with Crippen molar-refractivity contribution < 1.29 is 0 Å². The molecule has 0 unspecified atom stereocenters. The molecule has 0 radical (unpaired) electrons. The molecule has 19 heavy (non-hydrogen) atoms. The number of rotatable bonds is 1. The molecule has 0 amide bonds. The number of nitrogens with zero attached hydrogens (tertiary/aromatic N) is 3. The summed E-state index contributed by atoms with van der Waals surface area (Å²) in [6, 6.07) is 7.94. The Balaban J connectivity index is 2.40. The molecule has 5 heteroatoms. The van der Waals surface area contributed by atoms with Crippen LogP contribution in [-0.2, 0) is 0 Å². The van der Waals surface area contributed by atoms with Crippen LogP contribution < -0.4 is 5.73 Å². The molecule has 0 aliphatic heterocycles. The summed E-state index contributed by atoms with van der Waals surface area (Å²) in [4.78, 5) is 8.84. The van der Waals surface area contributed by atoms with E-state index in [0.717, 1.165) is 32.5 Å². The van der Waals surface area contributed by atoms with E-state index in [1.807, 2.05) is 42.7 Å². The largest absolute Gasteiger partial charge is 0.369 e. The van der Waals surface area contributed by atoms with E-state index in [4.69, 9.17) is 5.73 Å². The first-order valence-corrected chi connectivity index (χ1v) is 6.74. The SMILES string of the molecule is Cc1c(Br)cccc1-n1c(N)nc2c(C)ccnc21. The van der Waals surface area contributed by atoms with Crippen molar-refractivity contribution in [3.63, 3.8) is 0 Å². The average molecular weight is 317 g/mol. The van der Waals surface area contributed by atoms with Crippen LogP contribution in [0.2, 0.25) is 0 Å². The molecule has 0 spiro atoms. The highest BCUT2D eigenvalue weighted by atomic mass is 79.9. The van der Waals surface area contributed by atoms with Gasteiger partial charge < -0.3 is 5.73 Å². The maximum Gasteiger partial charge on any atom is 0.207 e. The number of benzene rings is 1. The number of aromatic nitrogens is 3. The Hall–Kier alpha value is -1.88. The Labute approximate surface area is 119 Å². The van der Waals surface area contributed by atoms with E-state index in [-0.39, 0.29) is 0 Å². The van der Waals surface area contributed by atoms with E-state index in [1.165, 1.54) is 0 Å². The molecule has 2 N–H and O–H groups in total. The lowest BCUT2D eigenvalue weighted by Crippen LogP contribution is -2.03. The molecule has 0 fully saturated rings. The van der Waals surface area contributed by atoms with Crippen molar-refractivity contribution in [2.75, 3.05) is 5.73 Å². The Morgan fingerprint density at radius 3 is 2.79 bits per heavy atom. The molecule has 0 bridgehead atoms. The van der Waals surface area contributed by atoms with Crippen LogP contribution in [0.1, 0.15) is 11.1 Å². The molecular weight excluding hydrogens is 304 g/mol. The lowest BCUT2D eigenvalue weighted by Gasteiger charge is -2.10. The van der Waals surface area contributed by atoms with Gasteiger partial charge in [-0.2, -0.15) is 0 Å². The van der Waals surface area contributed by atoms with Gasteiger partial charge in [0.05, 0.1) is 5.69 Å². The predicted molar refractivity (Wildman–Crippen MR) is 80.5 cm³/mol. The van der Waals surface area contributed by atoms with Crippen molar-refractivity contribution in [3.8, 4) is 5.69 Å². The minimum atomic E-state index is 0.456. The van der Waals surface area contributed by atoms with Crippen LogP contribution in [0, 0.1) is 13.8 Å². The zero-order valence-corrected chi connectivity index (χ0v) is 12.3. The van der Waals surface area contributed by atoms with Crippen LogP contribution in [0.3, 0.4) is 0 Å². The molecule has 3 rings (SSSR count). The van der Waals surface area contributed by atoms with E-state index >= 15 is 0 Å². The number of pyridine rings is 1. The smallest absolute Gasteiger partial charge is 0.207 e. The normalized spacial score (nSPS) is 11.1. The molecule has 1 aromatic carbocycles. The van der Waals surface area contributed by atoms with Crippen LogP contribution >= 0.6 is 15.9 Å². The standard InChI is InChI=1S/C14H13BrN4/c1-8-6-7-17-13-12(8)18-14(16)19(13)11-5-3-4-10(15)9(11)2/h3-7H,1-2H3,(H2,16,18). The summed E-state index contributed by atoms with van der Waals surface area (Å²) in [5.41, 5.74) is 10.9. The van der Waals surface area contributed by atoms with Crippen molar-refractivity contribution in [1.82, 2.24) is 14.5 Å². The van der Waals surface area contributed by atoms with Gasteiger partial charge in [0.15, 0.2) is 5.65 Å². The van der Waals surface area contributed by atoms with Crippen LogP contribution in [0.25, 0.3) is 16.9 Å². The average Bonchev–Trinajstić information content (AvgIpc) is 2.71. The third-order valence-corrected chi connectivity index (χ3v) is 4.11. The van der Waals surface area contributed by atoms with E-state index in [0.29, 0.717) is 5.95 Å². The monoisotopic (exact) mass is 316 g/mol. The second-order valence-corrected chi connectivity index (χ2v) is 5.34. The third kappa shape index (κ3) is 1.81. The number of anilines is 1. The summed E-state index contributed by atoms with van der Waals surface area (Å²) in [5.74, 6) is 0.456. The van der Waals surface area contributed by atoms with Crippen molar-refractivity contribution in [2.24, 2.45) is 0 Å². The first-order chi connectivity index (χ1) is 9.09. The van der Waals surface area contributed by atoms with Gasteiger partial charge in [-0.3, -0.25) is 4.57 Å². The fraction of sp³-hybridized carbons (Fsp3) is 0.143. The van der Waals surface area contributed by atoms with Gasteiger partial charge in [-0.15, -0.1) is 0 Å². The first-order valence-electron chi connectivity index (χ1n) is 5.94. The van der Waals surface area contributed by atoms with Gasteiger partial charge in [0.2, 0.25) is 5.95 Å². The summed E-state index contributed by atoms with van der Waals surface area (Å²) in [7, 11) is 0. The fourth-order valence-corrected chi connectivity index (χ4v) is 2.54. The third-order valence-electron chi connectivity index (χ3n) is 3.25. The van der Waals surface area contributed by atoms with E-state index < -0.39 is 0 Å². The second kappa shape index (κ2) is 4.35. The van der Waals surface area contributed by atoms with Gasteiger partial charge in [-0.1, -0.05) is 22.0 Å². The maximum absolute atomic E-state index is 6.07. The van der Waals surface area contributed by atoms with Crippen molar-refractivity contribution in [2.45, 2.75) is 13.8 Å². The molecular formula is C14H13BrN4. The zero-order chi connectivity index (χ0) is 13.6. The number of fused-ring (bicyclic) bond motifs is 1. The summed E-state index contributed by atoms with van der Waals surface area (Å²) in [6.45, 7) is 4.05. The summed E-state index contributed by atoms with van der Waals surface area (Å²) in [6.07, 6.45) is 1.78. The van der Waals surface area contributed by atoms with E-state index in [1.54, 1.807) is 6.20 Å². The van der Waals surface area contributed by atoms with Gasteiger partial charge >= 0.3 is 0 Å². The molecule has 96 valence electrons. The molecule has 0 atom stereocenters. The van der Waals surface area contributed by atoms with Crippen LogP contribution in [-0.4, -0.2) is 14.5 Å². The van der Waals surface area contributed by atoms with Crippen LogP contribution in [0.4, 0.5) is 5.95 Å². The number of hydrogen-bond donors (Lipinski definition) is 1. The number of halogens is 1. The number of nitrogens with two attached hydrogens (primary N) is 1. The molecule has 2 heterocycles. The summed E-state index contributed by atoms with van der Waals surface area (Å²) >= 11 is 3.54. The van der Waals surface area contributed by atoms with Gasteiger partial charge in [0.1, 0.15) is 5.52 Å². The lowest BCUT2D eigenvalue weighted by atomic mass is 10.2. The molecule has 0 aliphatic rings. The quantitative estimate of drug-likeness (QED) is 0.748. The Kier molecular flexibility index (Phi) is 2.78. The highest BCUT2D eigenvalue weighted by molar-refractivity contribution is 9.10. The Bertz CT molecular complexity index is 776. The number of imidazole rings is 1. The maximum atomic E-state index is 6.07. The van der Waals surface area contributed by atoms with Gasteiger partial charge in [0.25, 0.3) is 0 Å². The number of nitrogen functional groups attached to an aromatic ring is 1. The predicted octanol–water partition coefficient (Wildman–Crippen LogP) is 3.38. The highest BCUT2D eigenvalue weighted by Gasteiger charge is 2.14. The molecule has 4 nitrogen and oxygen atoms in total. The second-order valence-electron chi connectivity index (χ2n) is 4.49. The summed E-state index contributed by atoms with van der Waals surface area (Å²) < 4.78 is 2.93. The van der Waals surface area contributed by atoms with Crippen LogP contribution in [0.15, 0.2) is 34.9 Å². The molecule has 2 aromatic heterocycles. The topological polar surface area (TPSA) is 56.7 Å². The molecule has 0 saturated heterocycles. The van der Waals surface area contributed by atoms with Crippen molar-refractivity contribution in [3.05, 3.63) is 46.1 Å². The lowest BCUT2D eigenvalue weighted by molar-refractivity contribution is 1.06. The number of aryl methyl sites for hydroxylation is 1. The van der Waals surface area contributed by atoms with E-state index in [9.17, 15) is 0 Å². The minimum absolute atomic E-state index is 0.456. The van der Waals surface area contributed by atoms with E-state index in [2.05, 4.69) is 25.9 Å². The van der Waals surface area contributed by atoms with Gasteiger partial charge in [-0.05, 0) is 43.2 Å². The zero-order valence-electron chi connectivity index (χ0n) is 10.7. The first kappa shape index (κ1) is 12.2. The summed E-state index contributed by atoms with van der Waals surface area (Å²) in [5, 5.41) is 0. The number of hydrogen-bond acceptors (Lipinski definition) is 3. The van der Waals surface area contributed by atoms with Crippen molar-refractivity contribution in [1.29, 1.82) is 0 Å². The molecule has 3 aromatic rings. The van der Waals surface area contributed by atoms with Crippen molar-refractivity contribution >= 4 is 33.0 Å². The Morgan fingerprint density at radius 2 is 2.00 bits per heavy atom. The highest BCUT2D eigenvalue weighted by Crippen LogP contribution is 2.28.